The second kappa shape index (κ2) is 10.3. The molecule has 0 aliphatic rings. The van der Waals surface area contributed by atoms with E-state index in [1.165, 1.54) is 59.4 Å². The molecule has 3 heterocycles. The quantitative estimate of drug-likeness (QED) is 0.193. The van der Waals surface area contributed by atoms with Crippen LogP contribution in [0.4, 0.5) is 0 Å². The predicted octanol–water partition coefficient (Wildman–Crippen LogP) is 11.8. The lowest BCUT2D eigenvalue weighted by molar-refractivity contribution is 1.17. The third-order valence-corrected chi connectivity index (χ3v) is 10.4. The Kier molecular flexibility index (Phi) is 5.74. The Morgan fingerprint density at radius 1 is 0.383 bits per heavy atom. The van der Waals surface area contributed by atoms with Crippen molar-refractivity contribution >= 4 is 65.2 Å². The van der Waals surface area contributed by atoms with E-state index < -0.39 is 0 Å². The summed E-state index contributed by atoms with van der Waals surface area (Å²) in [4.78, 5) is 4.90. The standard InChI is InChI=1S/C43H27N3S/c1-2-11-28(12-3-1)30-13-10-14-32(25-30)46-39-19-8-5-16-34(39)36-26-40-35(27-41(36)46)33-15-4-7-18-38(33)45(40)31-23-21-29(22-24-31)43-44-37-17-6-9-20-42(37)47-43/h1-27H. The highest BCUT2D eigenvalue weighted by Crippen LogP contribution is 2.40. The van der Waals surface area contributed by atoms with Crippen LogP contribution in [0.2, 0.25) is 0 Å². The summed E-state index contributed by atoms with van der Waals surface area (Å²) in [5.74, 6) is 0. The molecule has 7 aromatic carbocycles. The molecule has 10 rings (SSSR count). The molecule has 0 amide bonds. The lowest BCUT2D eigenvalue weighted by Crippen LogP contribution is -1.95. The van der Waals surface area contributed by atoms with Crippen LogP contribution in [0, 0.1) is 0 Å². The maximum atomic E-state index is 4.90. The number of fused-ring (bicyclic) bond motifs is 7. The van der Waals surface area contributed by atoms with E-state index in [0.29, 0.717) is 0 Å². The first-order chi connectivity index (χ1) is 23.3. The zero-order chi connectivity index (χ0) is 30.9. The van der Waals surface area contributed by atoms with Crippen molar-refractivity contribution in [1.82, 2.24) is 14.1 Å². The fraction of sp³-hybridized carbons (Fsp3) is 0. The minimum Gasteiger partial charge on any atom is -0.309 e. The highest BCUT2D eigenvalue weighted by Gasteiger charge is 2.19. The van der Waals surface area contributed by atoms with E-state index in [1.807, 2.05) is 6.07 Å². The molecule has 4 heteroatoms. The average Bonchev–Trinajstić information content (AvgIpc) is 3.81. The number of rotatable bonds is 4. The summed E-state index contributed by atoms with van der Waals surface area (Å²) in [6.45, 7) is 0. The lowest BCUT2D eigenvalue weighted by Gasteiger charge is -2.11. The van der Waals surface area contributed by atoms with Crippen LogP contribution in [0.25, 0.3) is 86.9 Å². The Labute approximate surface area is 275 Å². The summed E-state index contributed by atoms with van der Waals surface area (Å²) in [5, 5.41) is 6.03. The molecule has 0 unspecified atom stereocenters. The Bertz CT molecular complexity index is 2750. The molecular formula is C43H27N3S. The van der Waals surface area contributed by atoms with Gasteiger partial charge in [0.15, 0.2) is 0 Å². The summed E-state index contributed by atoms with van der Waals surface area (Å²) < 4.78 is 6.05. The van der Waals surface area contributed by atoms with Gasteiger partial charge in [-0.3, -0.25) is 0 Å². The maximum absolute atomic E-state index is 4.90. The first kappa shape index (κ1) is 26.3. The van der Waals surface area contributed by atoms with Gasteiger partial charge in [-0.15, -0.1) is 11.3 Å². The van der Waals surface area contributed by atoms with Crippen molar-refractivity contribution in [3.05, 3.63) is 164 Å². The van der Waals surface area contributed by atoms with E-state index >= 15 is 0 Å². The van der Waals surface area contributed by atoms with Crippen molar-refractivity contribution in [2.45, 2.75) is 0 Å². The fourth-order valence-electron chi connectivity index (χ4n) is 7.19. The predicted molar refractivity (Wildman–Crippen MR) is 199 cm³/mol. The molecule has 220 valence electrons. The van der Waals surface area contributed by atoms with Gasteiger partial charge in [-0.25, -0.2) is 4.98 Å². The first-order valence-corrected chi connectivity index (χ1v) is 16.7. The minimum absolute atomic E-state index is 1.05. The largest absolute Gasteiger partial charge is 0.309 e. The molecule has 0 N–H and O–H groups in total. The highest BCUT2D eigenvalue weighted by molar-refractivity contribution is 7.21. The van der Waals surface area contributed by atoms with Gasteiger partial charge in [0.1, 0.15) is 5.01 Å². The molecular weight excluding hydrogens is 591 g/mol. The van der Waals surface area contributed by atoms with Crippen LogP contribution in [0.1, 0.15) is 0 Å². The minimum atomic E-state index is 1.05. The van der Waals surface area contributed by atoms with Gasteiger partial charge in [0.05, 0.1) is 32.3 Å². The van der Waals surface area contributed by atoms with Crippen molar-refractivity contribution < 1.29 is 0 Å². The second-order valence-corrected chi connectivity index (χ2v) is 13.1. The van der Waals surface area contributed by atoms with Crippen LogP contribution in [-0.4, -0.2) is 14.1 Å². The van der Waals surface area contributed by atoms with Crippen molar-refractivity contribution in [3.63, 3.8) is 0 Å². The molecule has 0 bridgehead atoms. The normalized spacial score (nSPS) is 11.8. The van der Waals surface area contributed by atoms with E-state index in [2.05, 4.69) is 167 Å². The van der Waals surface area contributed by atoms with E-state index in [0.717, 1.165) is 27.5 Å². The van der Waals surface area contributed by atoms with Crippen LogP contribution in [0.5, 0.6) is 0 Å². The molecule has 0 fully saturated rings. The third-order valence-electron chi connectivity index (χ3n) is 9.34. The van der Waals surface area contributed by atoms with Crippen molar-refractivity contribution in [2.24, 2.45) is 0 Å². The maximum Gasteiger partial charge on any atom is 0.124 e. The molecule has 3 nitrogen and oxygen atoms in total. The average molecular weight is 618 g/mol. The lowest BCUT2D eigenvalue weighted by atomic mass is 10.1. The van der Waals surface area contributed by atoms with Crippen LogP contribution < -0.4 is 0 Å². The Balaban J connectivity index is 1.19. The zero-order valence-corrected chi connectivity index (χ0v) is 26.2. The van der Waals surface area contributed by atoms with Gasteiger partial charge in [0.25, 0.3) is 0 Å². The van der Waals surface area contributed by atoms with Gasteiger partial charge in [0, 0.05) is 38.5 Å². The second-order valence-electron chi connectivity index (χ2n) is 12.0. The molecule has 0 radical (unpaired) electrons. The number of benzene rings is 7. The van der Waals surface area contributed by atoms with Gasteiger partial charge in [-0.1, -0.05) is 91.0 Å². The molecule has 0 aliphatic carbocycles. The van der Waals surface area contributed by atoms with E-state index in [4.69, 9.17) is 4.98 Å². The number of aromatic nitrogens is 3. The molecule has 0 saturated carbocycles. The van der Waals surface area contributed by atoms with Crippen LogP contribution in [0.15, 0.2) is 164 Å². The summed E-state index contributed by atoms with van der Waals surface area (Å²) in [7, 11) is 0. The number of para-hydroxylation sites is 3. The number of hydrogen-bond acceptors (Lipinski definition) is 2. The summed E-state index contributed by atoms with van der Waals surface area (Å²) in [6.07, 6.45) is 0. The van der Waals surface area contributed by atoms with Gasteiger partial charge in [-0.2, -0.15) is 0 Å². The van der Waals surface area contributed by atoms with Crippen molar-refractivity contribution in [2.75, 3.05) is 0 Å². The molecule has 0 spiro atoms. The first-order valence-electron chi connectivity index (χ1n) is 15.9. The molecule has 3 aromatic heterocycles. The van der Waals surface area contributed by atoms with E-state index in [-0.39, 0.29) is 0 Å². The van der Waals surface area contributed by atoms with Crippen LogP contribution in [0.3, 0.4) is 0 Å². The highest BCUT2D eigenvalue weighted by atomic mass is 32.1. The van der Waals surface area contributed by atoms with Crippen LogP contribution in [-0.2, 0) is 0 Å². The van der Waals surface area contributed by atoms with Gasteiger partial charge < -0.3 is 9.13 Å². The molecule has 0 atom stereocenters. The summed E-state index contributed by atoms with van der Waals surface area (Å²) in [6, 6.07) is 59.1. The van der Waals surface area contributed by atoms with E-state index in [9.17, 15) is 0 Å². The molecule has 0 saturated heterocycles. The van der Waals surface area contributed by atoms with Gasteiger partial charge in [-0.05, 0) is 83.9 Å². The molecule has 0 aliphatic heterocycles. The Morgan fingerprint density at radius 2 is 0.979 bits per heavy atom. The number of hydrogen-bond donors (Lipinski definition) is 0. The molecule has 47 heavy (non-hydrogen) atoms. The monoisotopic (exact) mass is 617 g/mol. The van der Waals surface area contributed by atoms with Crippen molar-refractivity contribution in [3.8, 4) is 33.1 Å². The molecule has 10 aromatic rings. The Hall–Kier alpha value is -5.97. The fourth-order valence-corrected chi connectivity index (χ4v) is 8.16. The third kappa shape index (κ3) is 4.09. The number of nitrogens with zero attached hydrogens (tertiary/aromatic N) is 3. The van der Waals surface area contributed by atoms with Gasteiger partial charge >= 0.3 is 0 Å². The van der Waals surface area contributed by atoms with Crippen molar-refractivity contribution in [1.29, 1.82) is 0 Å². The zero-order valence-electron chi connectivity index (χ0n) is 25.3. The summed E-state index contributed by atoms with van der Waals surface area (Å²) >= 11 is 1.74. The number of thiazole rings is 1. The van der Waals surface area contributed by atoms with Crippen LogP contribution >= 0.6 is 11.3 Å². The Morgan fingerprint density at radius 3 is 1.68 bits per heavy atom. The topological polar surface area (TPSA) is 22.8 Å². The SMILES string of the molecule is c1ccc(-c2cccc(-n3c4ccccc4c4cc5c(cc43)c3ccccc3n5-c3ccc(-c4nc5ccccc5s4)cc3)c2)cc1. The van der Waals surface area contributed by atoms with E-state index in [1.54, 1.807) is 11.3 Å². The van der Waals surface area contributed by atoms with Gasteiger partial charge in [0.2, 0.25) is 0 Å². The smallest absolute Gasteiger partial charge is 0.124 e. The summed E-state index contributed by atoms with van der Waals surface area (Å²) in [5.41, 5.74) is 11.7.